The molecule has 2 heterocycles. The van der Waals surface area contributed by atoms with Crippen LogP contribution in [0.25, 0.3) is 11.4 Å². The average Bonchev–Trinajstić information content (AvgIpc) is 3.24. The lowest BCUT2D eigenvalue weighted by atomic mass is 10.3. The molecule has 0 aliphatic carbocycles. The summed E-state index contributed by atoms with van der Waals surface area (Å²) < 4.78 is 2.82. The van der Waals surface area contributed by atoms with Crippen molar-refractivity contribution in [2.45, 2.75) is 0 Å². The van der Waals surface area contributed by atoms with Gasteiger partial charge >= 0.3 is 0 Å². The van der Waals surface area contributed by atoms with Crippen molar-refractivity contribution in [3.8, 4) is 11.4 Å². The van der Waals surface area contributed by atoms with E-state index in [9.17, 15) is 4.79 Å². The summed E-state index contributed by atoms with van der Waals surface area (Å²) in [6, 6.07) is 16.3. The van der Waals surface area contributed by atoms with Gasteiger partial charge in [-0.1, -0.05) is 46.5 Å². The lowest BCUT2D eigenvalue weighted by molar-refractivity contribution is 0.789. The second-order valence-electron chi connectivity index (χ2n) is 6.17. The third-order valence-electron chi connectivity index (χ3n) is 4.18. The fourth-order valence-electron chi connectivity index (χ4n) is 2.73. The molecule has 0 amide bonds. The molecule has 0 radical (unpaired) electrons. The fourth-order valence-corrected chi connectivity index (χ4v) is 3.06. The minimum absolute atomic E-state index is 0.0501. The van der Waals surface area contributed by atoms with Crippen molar-refractivity contribution in [3.05, 3.63) is 81.2 Å². The highest BCUT2D eigenvalue weighted by Gasteiger charge is 2.11. The molecule has 0 fully saturated rings. The number of rotatable bonds is 7. The monoisotopic (exact) mass is 442 g/mol. The Kier molecular flexibility index (Phi) is 5.92. The number of aromatic nitrogens is 6. The summed E-state index contributed by atoms with van der Waals surface area (Å²) in [5, 5.41) is 22.7. The quantitative estimate of drug-likeness (QED) is 0.424. The molecule has 30 heavy (non-hydrogen) atoms. The fraction of sp³-hybridized carbons (Fsp3) is 0.105. The standard InChI is InChI=1S/C19H16Cl2N8O/c20-13-6-8-15(9-7-13)28-18(30)17(21)16(12-24-28)22-10-11-23-19-25-26-27-29(19)14-4-2-1-3-5-14/h1-9,12,22H,10-11H2,(H,23,25,27). The predicted molar refractivity (Wildman–Crippen MR) is 116 cm³/mol. The molecule has 2 aromatic carbocycles. The summed E-state index contributed by atoms with van der Waals surface area (Å²) in [6.45, 7) is 0.956. The van der Waals surface area contributed by atoms with Crippen LogP contribution in [0.3, 0.4) is 0 Å². The molecule has 2 N–H and O–H groups in total. The molecule has 0 saturated heterocycles. The van der Waals surface area contributed by atoms with E-state index in [0.717, 1.165) is 5.69 Å². The largest absolute Gasteiger partial charge is 0.381 e. The Bertz CT molecular complexity index is 1190. The average molecular weight is 443 g/mol. The third kappa shape index (κ3) is 4.27. The Labute approximate surface area is 181 Å². The molecule has 4 aromatic rings. The zero-order valence-electron chi connectivity index (χ0n) is 15.5. The van der Waals surface area contributed by atoms with Crippen molar-refractivity contribution in [2.24, 2.45) is 0 Å². The van der Waals surface area contributed by atoms with Gasteiger partial charge in [0.2, 0.25) is 5.95 Å². The molecule has 0 bridgehead atoms. The number of benzene rings is 2. The Morgan fingerprint density at radius 3 is 2.33 bits per heavy atom. The molecule has 2 aromatic heterocycles. The van der Waals surface area contributed by atoms with E-state index in [4.69, 9.17) is 23.2 Å². The van der Waals surface area contributed by atoms with E-state index in [1.807, 2.05) is 30.3 Å². The second-order valence-corrected chi connectivity index (χ2v) is 6.98. The molecule has 0 saturated carbocycles. The zero-order chi connectivity index (χ0) is 20.9. The van der Waals surface area contributed by atoms with Gasteiger partial charge in [0.05, 0.1) is 23.3 Å². The summed E-state index contributed by atoms with van der Waals surface area (Å²) in [7, 11) is 0. The van der Waals surface area contributed by atoms with Crippen molar-refractivity contribution < 1.29 is 0 Å². The van der Waals surface area contributed by atoms with Crippen molar-refractivity contribution >= 4 is 34.8 Å². The van der Waals surface area contributed by atoms with Crippen molar-refractivity contribution in [1.82, 2.24) is 30.0 Å². The molecular formula is C19H16Cl2N8O. The second kappa shape index (κ2) is 8.93. The number of hydrogen-bond acceptors (Lipinski definition) is 7. The zero-order valence-corrected chi connectivity index (χ0v) is 17.0. The number of nitrogens with zero attached hydrogens (tertiary/aromatic N) is 6. The molecular weight excluding hydrogens is 427 g/mol. The number of tetrazole rings is 1. The minimum atomic E-state index is -0.426. The van der Waals surface area contributed by atoms with Crippen LogP contribution < -0.4 is 16.2 Å². The van der Waals surface area contributed by atoms with Gasteiger partial charge in [0.1, 0.15) is 5.02 Å². The van der Waals surface area contributed by atoms with Gasteiger partial charge in [0.15, 0.2) is 0 Å². The lowest BCUT2D eigenvalue weighted by Crippen LogP contribution is -2.24. The first-order valence-corrected chi connectivity index (χ1v) is 9.74. The summed E-state index contributed by atoms with van der Waals surface area (Å²) in [5.74, 6) is 0.505. The van der Waals surface area contributed by atoms with Crippen molar-refractivity contribution in [3.63, 3.8) is 0 Å². The Balaban J connectivity index is 1.40. The Morgan fingerprint density at radius 1 is 0.867 bits per heavy atom. The van der Waals surface area contributed by atoms with Crippen LogP contribution in [0.4, 0.5) is 11.6 Å². The SMILES string of the molecule is O=c1c(Cl)c(NCCNc2nnnn2-c2ccccc2)cnn1-c1ccc(Cl)cc1. The minimum Gasteiger partial charge on any atom is -0.381 e. The van der Waals surface area contributed by atoms with Crippen LogP contribution in [-0.2, 0) is 0 Å². The van der Waals surface area contributed by atoms with Gasteiger partial charge in [-0.05, 0) is 46.8 Å². The molecule has 4 rings (SSSR count). The molecule has 0 aliphatic rings. The van der Waals surface area contributed by atoms with E-state index in [1.165, 1.54) is 10.9 Å². The van der Waals surface area contributed by atoms with Crippen LogP contribution in [0.15, 0.2) is 65.6 Å². The van der Waals surface area contributed by atoms with Crippen LogP contribution in [0.5, 0.6) is 0 Å². The number of nitrogens with one attached hydrogen (secondary N) is 2. The molecule has 9 nitrogen and oxygen atoms in total. The van der Waals surface area contributed by atoms with Crippen molar-refractivity contribution in [2.75, 3.05) is 23.7 Å². The summed E-state index contributed by atoms with van der Waals surface area (Å²) >= 11 is 12.1. The van der Waals surface area contributed by atoms with Crippen molar-refractivity contribution in [1.29, 1.82) is 0 Å². The first-order chi connectivity index (χ1) is 14.6. The maximum Gasteiger partial charge on any atom is 0.292 e. The normalized spacial score (nSPS) is 10.7. The van der Waals surface area contributed by atoms with Crippen LogP contribution in [0.1, 0.15) is 0 Å². The first-order valence-electron chi connectivity index (χ1n) is 8.99. The van der Waals surface area contributed by atoms with Gasteiger partial charge in [0, 0.05) is 18.1 Å². The third-order valence-corrected chi connectivity index (χ3v) is 4.80. The first kappa shape index (κ1) is 19.9. The number of hydrogen-bond donors (Lipinski definition) is 2. The highest BCUT2D eigenvalue weighted by molar-refractivity contribution is 6.33. The van der Waals surface area contributed by atoms with Gasteiger partial charge in [-0.2, -0.15) is 14.5 Å². The van der Waals surface area contributed by atoms with E-state index in [2.05, 4.69) is 31.3 Å². The van der Waals surface area contributed by atoms with E-state index in [1.54, 1.807) is 28.9 Å². The van der Waals surface area contributed by atoms with Crippen LogP contribution >= 0.6 is 23.2 Å². The summed E-state index contributed by atoms with van der Waals surface area (Å²) in [5.41, 5.74) is 1.43. The summed E-state index contributed by atoms with van der Waals surface area (Å²) in [4.78, 5) is 12.5. The number of anilines is 2. The maximum atomic E-state index is 12.5. The lowest BCUT2D eigenvalue weighted by Gasteiger charge is -2.11. The van der Waals surface area contributed by atoms with E-state index >= 15 is 0 Å². The Hall–Kier alpha value is -3.43. The Morgan fingerprint density at radius 2 is 1.57 bits per heavy atom. The maximum absolute atomic E-state index is 12.5. The van der Waals surface area contributed by atoms with Gasteiger partial charge < -0.3 is 10.6 Å². The van der Waals surface area contributed by atoms with E-state index < -0.39 is 5.56 Å². The highest BCUT2D eigenvalue weighted by atomic mass is 35.5. The van der Waals surface area contributed by atoms with Gasteiger partial charge in [0.25, 0.3) is 5.56 Å². The summed E-state index contributed by atoms with van der Waals surface area (Å²) in [6.07, 6.45) is 1.51. The van der Waals surface area contributed by atoms with Crippen LogP contribution in [-0.4, -0.2) is 43.1 Å². The highest BCUT2D eigenvalue weighted by Crippen LogP contribution is 2.17. The smallest absolute Gasteiger partial charge is 0.292 e. The topological polar surface area (TPSA) is 103 Å². The van der Waals surface area contributed by atoms with Gasteiger partial charge in [-0.3, -0.25) is 4.79 Å². The van der Waals surface area contributed by atoms with E-state index in [0.29, 0.717) is 35.4 Å². The molecule has 0 atom stereocenters. The van der Waals surface area contributed by atoms with Crippen LogP contribution in [0.2, 0.25) is 10.0 Å². The van der Waals surface area contributed by atoms with Crippen LogP contribution in [0, 0.1) is 0 Å². The molecule has 0 aliphatic heterocycles. The van der Waals surface area contributed by atoms with E-state index in [-0.39, 0.29) is 5.02 Å². The van der Waals surface area contributed by atoms with Gasteiger partial charge in [-0.15, -0.1) is 0 Å². The molecule has 0 spiro atoms. The van der Waals surface area contributed by atoms with Gasteiger partial charge in [-0.25, -0.2) is 0 Å². The number of halogens is 2. The number of para-hydroxylation sites is 1. The molecule has 11 heteroatoms. The molecule has 152 valence electrons. The molecule has 0 unspecified atom stereocenters. The predicted octanol–water partition coefficient (Wildman–Crippen LogP) is 3.04.